The third-order valence-corrected chi connectivity index (χ3v) is 4.10. The zero-order valence-corrected chi connectivity index (χ0v) is 14.1. The highest BCUT2D eigenvalue weighted by Gasteiger charge is 2.29. The first-order valence-electron chi connectivity index (χ1n) is 8.01. The quantitative estimate of drug-likeness (QED) is 0.877. The Balaban J connectivity index is 2.04. The minimum atomic E-state index is -0.491. The van der Waals surface area contributed by atoms with Gasteiger partial charge in [-0.3, -0.25) is 0 Å². The van der Waals surface area contributed by atoms with E-state index in [9.17, 15) is 4.79 Å². The lowest BCUT2D eigenvalue weighted by Gasteiger charge is -2.30. The van der Waals surface area contributed by atoms with E-state index in [1.165, 1.54) is 24.0 Å². The summed E-state index contributed by atoms with van der Waals surface area (Å²) in [6.07, 6.45) is 2.16. The first-order chi connectivity index (χ1) is 10.2. The second-order valence-corrected chi connectivity index (χ2v) is 7.52. The molecular weight excluding hydrogens is 276 g/mol. The van der Waals surface area contributed by atoms with Crippen molar-refractivity contribution in [2.75, 3.05) is 13.1 Å². The second-order valence-electron chi connectivity index (χ2n) is 7.52. The number of ether oxygens (including phenoxy) is 1. The number of nitrogens with one attached hydrogen (secondary N) is 1. The maximum Gasteiger partial charge on any atom is 0.407 e. The molecule has 0 radical (unpaired) electrons. The van der Waals surface area contributed by atoms with Crippen molar-refractivity contribution in [2.24, 2.45) is 5.73 Å². The van der Waals surface area contributed by atoms with Gasteiger partial charge in [0.05, 0.1) is 0 Å². The minimum Gasteiger partial charge on any atom is -0.444 e. The van der Waals surface area contributed by atoms with E-state index in [-0.39, 0.29) is 5.41 Å². The van der Waals surface area contributed by atoms with Crippen LogP contribution in [0, 0.1) is 0 Å². The fourth-order valence-corrected chi connectivity index (χ4v) is 2.46. The summed E-state index contributed by atoms with van der Waals surface area (Å²) in [6.45, 7) is 8.58. The highest BCUT2D eigenvalue weighted by Crippen LogP contribution is 2.41. The van der Waals surface area contributed by atoms with Gasteiger partial charge in [-0.05, 0) is 50.7 Å². The number of carbonyl (C=O) groups is 1. The first kappa shape index (κ1) is 16.8. The SMILES string of the molecule is CC(C)(C)OC(=O)NCC(C)(CN)c1cccc(C2CC2)c1. The van der Waals surface area contributed by atoms with Crippen LogP contribution < -0.4 is 11.1 Å². The maximum absolute atomic E-state index is 11.9. The highest BCUT2D eigenvalue weighted by molar-refractivity contribution is 5.67. The van der Waals surface area contributed by atoms with Gasteiger partial charge in [0, 0.05) is 18.5 Å². The van der Waals surface area contributed by atoms with Crippen LogP contribution >= 0.6 is 0 Å². The Hall–Kier alpha value is -1.55. The van der Waals surface area contributed by atoms with Gasteiger partial charge in [0.25, 0.3) is 0 Å². The van der Waals surface area contributed by atoms with Crippen molar-refractivity contribution in [3.63, 3.8) is 0 Å². The molecule has 0 spiro atoms. The van der Waals surface area contributed by atoms with E-state index in [0.717, 1.165) is 0 Å². The topological polar surface area (TPSA) is 64.3 Å². The van der Waals surface area contributed by atoms with Gasteiger partial charge >= 0.3 is 6.09 Å². The predicted molar refractivity (Wildman–Crippen MR) is 89.1 cm³/mol. The standard InChI is InChI=1S/C18H28N2O2/c1-17(2,3)22-16(21)20-12-18(4,11-19)15-7-5-6-14(10-15)13-8-9-13/h5-7,10,13H,8-9,11-12,19H2,1-4H3,(H,20,21). The van der Waals surface area contributed by atoms with Gasteiger partial charge in [0.15, 0.2) is 0 Å². The van der Waals surface area contributed by atoms with Gasteiger partial charge in [0.1, 0.15) is 5.60 Å². The Labute approximate surface area is 133 Å². The van der Waals surface area contributed by atoms with Crippen molar-refractivity contribution >= 4 is 6.09 Å². The van der Waals surface area contributed by atoms with Crippen molar-refractivity contribution in [3.05, 3.63) is 35.4 Å². The molecule has 0 aromatic heterocycles. The molecule has 1 atom stereocenters. The van der Waals surface area contributed by atoms with Crippen molar-refractivity contribution in [2.45, 2.75) is 57.5 Å². The molecule has 22 heavy (non-hydrogen) atoms. The summed E-state index contributed by atoms with van der Waals surface area (Å²) in [5.74, 6) is 0.709. The van der Waals surface area contributed by atoms with E-state index in [1.807, 2.05) is 20.8 Å². The minimum absolute atomic E-state index is 0.290. The Bertz CT molecular complexity index is 532. The number of carbonyl (C=O) groups excluding carboxylic acids is 1. The number of hydrogen-bond donors (Lipinski definition) is 2. The van der Waals surface area contributed by atoms with Crippen molar-refractivity contribution in [1.29, 1.82) is 0 Å². The molecule has 0 saturated heterocycles. The summed E-state index contributed by atoms with van der Waals surface area (Å²) >= 11 is 0. The number of alkyl carbamates (subject to hydrolysis) is 1. The Kier molecular flexibility index (Phi) is 4.81. The van der Waals surface area contributed by atoms with Crippen LogP contribution in [0.4, 0.5) is 4.79 Å². The van der Waals surface area contributed by atoms with Crippen LogP contribution in [-0.4, -0.2) is 24.8 Å². The fraction of sp³-hybridized carbons (Fsp3) is 0.611. The van der Waals surface area contributed by atoms with Crippen LogP contribution in [0.5, 0.6) is 0 Å². The summed E-state index contributed by atoms with van der Waals surface area (Å²) in [4.78, 5) is 11.9. The zero-order chi connectivity index (χ0) is 16.4. The molecule has 1 aromatic rings. The summed E-state index contributed by atoms with van der Waals surface area (Å²) in [7, 11) is 0. The molecule has 0 heterocycles. The van der Waals surface area contributed by atoms with Crippen molar-refractivity contribution < 1.29 is 9.53 Å². The molecule has 0 aliphatic heterocycles. The number of rotatable bonds is 5. The molecule has 3 N–H and O–H groups in total. The lowest BCUT2D eigenvalue weighted by molar-refractivity contribution is 0.0516. The molecule has 1 aliphatic carbocycles. The van der Waals surface area contributed by atoms with Crippen LogP contribution in [0.1, 0.15) is 57.6 Å². The van der Waals surface area contributed by atoms with Gasteiger partial charge in [-0.25, -0.2) is 4.79 Å². The molecule has 0 bridgehead atoms. The number of benzene rings is 1. The van der Waals surface area contributed by atoms with Gasteiger partial charge < -0.3 is 15.8 Å². The molecule has 4 heteroatoms. The Morgan fingerprint density at radius 1 is 1.32 bits per heavy atom. The molecule has 1 fully saturated rings. The van der Waals surface area contributed by atoms with Crippen molar-refractivity contribution in [3.8, 4) is 0 Å². The number of nitrogens with two attached hydrogens (primary N) is 1. The summed E-state index contributed by atoms with van der Waals surface area (Å²) in [5, 5.41) is 2.85. The van der Waals surface area contributed by atoms with Crippen LogP contribution in [0.25, 0.3) is 0 Å². The molecule has 1 saturated carbocycles. The third kappa shape index (κ3) is 4.47. The molecule has 4 nitrogen and oxygen atoms in total. The predicted octanol–water partition coefficient (Wildman–Crippen LogP) is 3.31. The van der Waals surface area contributed by atoms with Gasteiger partial charge in [0.2, 0.25) is 0 Å². The van der Waals surface area contributed by atoms with E-state index in [0.29, 0.717) is 19.0 Å². The van der Waals surface area contributed by atoms with E-state index in [4.69, 9.17) is 10.5 Å². The van der Waals surface area contributed by atoms with E-state index >= 15 is 0 Å². The molecule has 1 aliphatic rings. The van der Waals surface area contributed by atoms with E-state index in [2.05, 4.69) is 36.5 Å². The first-order valence-corrected chi connectivity index (χ1v) is 8.01. The number of amides is 1. The lowest BCUT2D eigenvalue weighted by Crippen LogP contribution is -2.45. The van der Waals surface area contributed by atoms with E-state index < -0.39 is 11.7 Å². The lowest BCUT2D eigenvalue weighted by atomic mass is 9.81. The van der Waals surface area contributed by atoms with Crippen LogP contribution in [-0.2, 0) is 10.2 Å². The van der Waals surface area contributed by atoms with E-state index in [1.54, 1.807) is 0 Å². The normalized spacial score (nSPS) is 17.7. The van der Waals surface area contributed by atoms with Crippen LogP contribution in [0.3, 0.4) is 0 Å². The number of hydrogen-bond acceptors (Lipinski definition) is 3. The van der Waals surface area contributed by atoms with Gasteiger partial charge in [-0.1, -0.05) is 31.2 Å². The Morgan fingerprint density at radius 3 is 2.55 bits per heavy atom. The molecule has 2 rings (SSSR count). The zero-order valence-electron chi connectivity index (χ0n) is 14.1. The van der Waals surface area contributed by atoms with Gasteiger partial charge in [-0.2, -0.15) is 0 Å². The average molecular weight is 304 g/mol. The summed E-state index contributed by atoms with van der Waals surface area (Å²) in [6, 6.07) is 8.60. The molecule has 122 valence electrons. The third-order valence-electron chi connectivity index (χ3n) is 4.10. The smallest absolute Gasteiger partial charge is 0.407 e. The molecular formula is C18H28N2O2. The van der Waals surface area contributed by atoms with Crippen LogP contribution in [0.15, 0.2) is 24.3 Å². The van der Waals surface area contributed by atoms with Crippen LogP contribution in [0.2, 0.25) is 0 Å². The Morgan fingerprint density at radius 2 is 2.00 bits per heavy atom. The monoisotopic (exact) mass is 304 g/mol. The molecule has 1 aromatic carbocycles. The maximum atomic E-state index is 11.9. The van der Waals surface area contributed by atoms with Gasteiger partial charge in [-0.15, -0.1) is 0 Å². The highest BCUT2D eigenvalue weighted by atomic mass is 16.6. The molecule has 1 unspecified atom stereocenters. The molecule has 1 amide bonds. The largest absolute Gasteiger partial charge is 0.444 e. The fourth-order valence-electron chi connectivity index (χ4n) is 2.46. The second kappa shape index (κ2) is 6.29. The average Bonchev–Trinajstić information content (AvgIpc) is 3.28. The summed E-state index contributed by atoms with van der Waals surface area (Å²) < 4.78 is 5.29. The van der Waals surface area contributed by atoms with Crippen molar-refractivity contribution in [1.82, 2.24) is 5.32 Å². The summed E-state index contributed by atoms with van der Waals surface area (Å²) in [5.41, 5.74) is 7.78.